The number of anilines is 1. The molecule has 0 saturated carbocycles. The summed E-state index contributed by atoms with van der Waals surface area (Å²) in [5.41, 5.74) is 0.619. The summed E-state index contributed by atoms with van der Waals surface area (Å²) in [4.78, 5) is 50.2. The first-order valence-electron chi connectivity index (χ1n) is 9.42. The van der Waals surface area contributed by atoms with Crippen LogP contribution in [0.1, 0.15) is 31.7 Å². The number of likely N-dealkylation sites (tertiary alicyclic amines) is 1. The van der Waals surface area contributed by atoms with Gasteiger partial charge < -0.3 is 10.1 Å². The van der Waals surface area contributed by atoms with E-state index in [1.807, 2.05) is 18.2 Å². The molecule has 0 radical (unpaired) electrons. The van der Waals surface area contributed by atoms with E-state index < -0.39 is 18.0 Å². The van der Waals surface area contributed by atoms with E-state index in [4.69, 9.17) is 10.00 Å². The van der Waals surface area contributed by atoms with E-state index in [2.05, 4.69) is 5.32 Å². The molecule has 1 fully saturated rings. The zero-order valence-corrected chi connectivity index (χ0v) is 16.0. The van der Waals surface area contributed by atoms with Crippen molar-refractivity contribution >= 4 is 29.4 Å². The van der Waals surface area contributed by atoms with Gasteiger partial charge in [-0.15, -0.1) is 0 Å². The van der Waals surface area contributed by atoms with Gasteiger partial charge in [0, 0.05) is 6.54 Å². The van der Waals surface area contributed by atoms with Gasteiger partial charge in [-0.1, -0.05) is 24.3 Å². The lowest BCUT2D eigenvalue weighted by atomic mass is 9.85. The fourth-order valence-corrected chi connectivity index (χ4v) is 3.53. The van der Waals surface area contributed by atoms with E-state index in [9.17, 15) is 19.2 Å². The lowest BCUT2D eigenvalue weighted by Crippen LogP contribution is -2.35. The number of esters is 1. The van der Waals surface area contributed by atoms with Crippen LogP contribution in [-0.2, 0) is 23.9 Å². The maximum absolute atomic E-state index is 12.4. The minimum absolute atomic E-state index is 0.0604. The number of fused-ring (bicyclic) bond motifs is 1. The highest BCUT2D eigenvalue weighted by atomic mass is 16.5. The molecule has 3 atom stereocenters. The van der Waals surface area contributed by atoms with Crippen LogP contribution < -0.4 is 5.32 Å². The van der Waals surface area contributed by atoms with Crippen LogP contribution in [0.5, 0.6) is 0 Å². The van der Waals surface area contributed by atoms with Gasteiger partial charge in [0.2, 0.25) is 11.8 Å². The summed E-state index contributed by atoms with van der Waals surface area (Å²) in [6, 6.07) is 8.44. The van der Waals surface area contributed by atoms with Crippen LogP contribution in [0.15, 0.2) is 36.4 Å². The molecule has 29 heavy (non-hydrogen) atoms. The molecule has 1 aromatic rings. The Hall–Kier alpha value is -3.47. The Morgan fingerprint density at radius 3 is 2.45 bits per heavy atom. The highest BCUT2D eigenvalue weighted by molar-refractivity contribution is 6.05. The van der Waals surface area contributed by atoms with Gasteiger partial charge >= 0.3 is 5.97 Å². The second-order valence-electron chi connectivity index (χ2n) is 7.01. The van der Waals surface area contributed by atoms with Crippen LogP contribution in [0.3, 0.4) is 0 Å². The van der Waals surface area contributed by atoms with Crippen molar-refractivity contribution in [3.05, 3.63) is 42.0 Å². The van der Waals surface area contributed by atoms with Crippen molar-refractivity contribution in [3.63, 3.8) is 0 Å². The number of rotatable bonds is 6. The monoisotopic (exact) mass is 395 g/mol. The molecule has 3 rings (SSSR count). The molecule has 0 aromatic heterocycles. The van der Waals surface area contributed by atoms with E-state index in [0.29, 0.717) is 24.1 Å². The molecule has 3 amide bonds. The van der Waals surface area contributed by atoms with E-state index in [-0.39, 0.29) is 36.6 Å². The summed E-state index contributed by atoms with van der Waals surface area (Å²) in [6.07, 6.45) is 3.60. The summed E-state index contributed by atoms with van der Waals surface area (Å²) in [5.74, 6) is -2.45. The molecule has 1 N–H and O–H groups in total. The first-order valence-corrected chi connectivity index (χ1v) is 9.42. The molecule has 0 unspecified atom stereocenters. The SMILES string of the molecule is C[C@H](OC(=O)CCN1C(=O)[C@@H]2CC=CC[C@H]2C1=O)C(=O)Nc1ccccc1C#N. The molecule has 1 aliphatic carbocycles. The van der Waals surface area contributed by atoms with Gasteiger partial charge in [0.15, 0.2) is 6.10 Å². The summed E-state index contributed by atoms with van der Waals surface area (Å²) < 4.78 is 5.11. The number of amides is 3. The van der Waals surface area contributed by atoms with E-state index in [0.717, 1.165) is 4.90 Å². The van der Waals surface area contributed by atoms with Gasteiger partial charge in [-0.2, -0.15) is 5.26 Å². The van der Waals surface area contributed by atoms with Crippen LogP contribution in [0.25, 0.3) is 0 Å². The third-order valence-electron chi connectivity index (χ3n) is 5.12. The Balaban J connectivity index is 1.50. The Kier molecular flexibility index (Phi) is 6.07. The molecule has 1 heterocycles. The number of hydrogen-bond donors (Lipinski definition) is 1. The summed E-state index contributed by atoms with van der Waals surface area (Å²) in [7, 11) is 0. The minimum atomic E-state index is -1.09. The molecule has 8 heteroatoms. The average molecular weight is 395 g/mol. The number of imide groups is 1. The molecule has 150 valence electrons. The molecular weight excluding hydrogens is 374 g/mol. The molecular formula is C21H21N3O5. The number of nitrogens with one attached hydrogen (secondary N) is 1. The third-order valence-corrected chi connectivity index (χ3v) is 5.12. The van der Waals surface area contributed by atoms with E-state index in [1.54, 1.807) is 24.3 Å². The van der Waals surface area contributed by atoms with Crippen LogP contribution in [0, 0.1) is 23.2 Å². The topological polar surface area (TPSA) is 117 Å². The van der Waals surface area contributed by atoms with E-state index in [1.165, 1.54) is 6.92 Å². The number of nitriles is 1. The lowest BCUT2D eigenvalue weighted by molar-refractivity contribution is -0.154. The highest BCUT2D eigenvalue weighted by Gasteiger charge is 2.47. The lowest BCUT2D eigenvalue weighted by Gasteiger charge is -2.16. The van der Waals surface area contributed by atoms with Crippen molar-refractivity contribution in [3.8, 4) is 6.07 Å². The summed E-state index contributed by atoms with van der Waals surface area (Å²) in [5, 5.41) is 11.6. The van der Waals surface area contributed by atoms with Gasteiger partial charge in [0.25, 0.3) is 5.91 Å². The van der Waals surface area contributed by atoms with Gasteiger partial charge in [-0.05, 0) is 31.9 Å². The van der Waals surface area contributed by atoms with Crippen LogP contribution >= 0.6 is 0 Å². The quantitative estimate of drug-likeness (QED) is 0.446. The number of para-hydroxylation sites is 1. The van der Waals surface area contributed by atoms with Crippen molar-refractivity contribution < 1.29 is 23.9 Å². The number of hydrogen-bond acceptors (Lipinski definition) is 6. The normalized spacial score (nSPS) is 21.3. The molecule has 1 aliphatic heterocycles. The first-order chi connectivity index (χ1) is 13.9. The second kappa shape index (κ2) is 8.69. The smallest absolute Gasteiger partial charge is 0.308 e. The number of allylic oxidation sites excluding steroid dienone is 2. The molecule has 1 saturated heterocycles. The first kappa shape index (κ1) is 20.3. The number of ether oxygens (including phenoxy) is 1. The zero-order valence-electron chi connectivity index (χ0n) is 16.0. The maximum atomic E-state index is 12.4. The zero-order chi connectivity index (χ0) is 21.0. The van der Waals surface area contributed by atoms with Crippen molar-refractivity contribution in [1.29, 1.82) is 5.26 Å². The number of carbonyl (C=O) groups is 4. The molecule has 8 nitrogen and oxygen atoms in total. The summed E-state index contributed by atoms with van der Waals surface area (Å²) in [6.45, 7) is 1.35. The number of carbonyl (C=O) groups excluding carboxylic acids is 4. The standard InChI is InChI=1S/C21H21N3O5/c1-13(19(26)23-17-9-5-2-6-14(17)12-22)29-18(25)10-11-24-20(27)15-7-3-4-8-16(15)21(24)28/h2-6,9,13,15-16H,7-8,10-11H2,1H3,(H,23,26)/t13-,15+,16+/m0/s1. The van der Waals surface area contributed by atoms with Crippen molar-refractivity contribution in [2.75, 3.05) is 11.9 Å². The average Bonchev–Trinajstić information content (AvgIpc) is 2.97. The van der Waals surface area contributed by atoms with Gasteiger partial charge in [0.1, 0.15) is 6.07 Å². The predicted octanol–water partition coefficient (Wildman–Crippen LogP) is 1.77. The molecule has 1 aromatic carbocycles. The Morgan fingerprint density at radius 2 is 1.83 bits per heavy atom. The van der Waals surface area contributed by atoms with Gasteiger partial charge in [0.05, 0.1) is 29.5 Å². The number of nitrogens with zero attached hydrogens (tertiary/aromatic N) is 2. The fraction of sp³-hybridized carbons (Fsp3) is 0.381. The summed E-state index contributed by atoms with van der Waals surface area (Å²) >= 11 is 0. The maximum Gasteiger partial charge on any atom is 0.308 e. The van der Waals surface area contributed by atoms with Gasteiger partial charge in [-0.3, -0.25) is 24.1 Å². The van der Waals surface area contributed by atoms with Crippen molar-refractivity contribution in [2.45, 2.75) is 32.3 Å². The Bertz CT molecular complexity index is 891. The van der Waals surface area contributed by atoms with E-state index >= 15 is 0 Å². The van der Waals surface area contributed by atoms with Crippen LogP contribution in [0.2, 0.25) is 0 Å². The van der Waals surface area contributed by atoms with Gasteiger partial charge in [-0.25, -0.2) is 0 Å². The minimum Gasteiger partial charge on any atom is -0.452 e. The highest BCUT2D eigenvalue weighted by Crippen LogP contribution is 2.35. The molecule has 2 aliphatic rings. The number of benzene rings is 1. The molecule has 0 spiro atoms. The van der Waals surface area contributed by atoms with Crippen LogP contribution in [0.4, 0.5) is 5.69 Å². The van der Waals surface area contributed by atoms with Crippen LogP contribution in [-0.4, -0.2) is 41.2 Å². The van der Waals surface area contributed by atoms with Crippen molar-refractivity contribution in [2.24, 2.45) is 11.8 Å². The molecule has 0 bridgehead atoms. The largest absolute Gasteiger partial charge is 0.452 e. The van der Waals surface area contributed by atoms with Crippen molar-refractivity contribution in [1.82, 2.24) is 4.90 Å². The predicted molar refractivity (Wildman–Crippen MR) is 102 cm³/mol. The third kappa shape index (κ3) is 4.35. The Morgan fingerprint density at radius 1 is 1.21 bits per heavy atom. The Labute approximate surface area is 168 Å². The fourth-order valence-electron chi connectivity index (χ4n) is 3.53. The second-order valence-corrected chi connectivity index (χ2v) is 7.01.